The lowest BCUT2D eigenvalue weighted by Crippen LogP contribution is -2.46. The fourth-order valence-corrected chi connectivity index (χ4v) is 2.05. The molecule has 5 nitrogen and oxygen atoms in total. The van der Waals surface area contributed by atoms with Gasteiger partial charge < -0.3 is 4.74 Å². The Kier molecular flexibility index (Phi) is 3.72. The topological polar surface area (TPSA) is 59.5 Å². The number of hydrogen-bond acceptors (Lipinski definition) is 4. The van der Waals surface area contributed by atoms with E-state index in [4.69, 9.17) is 4.74 Å². The summed E-state index contributed by atoms with van der Waals surface area (Å²) in [5.74, 6) is -0.296. The van der Waals surface area contributed by atoms with Gasteiger partial charge in [-0.25, -0.2) is 4.98 Å². The third-order valence-corrected chi connectivity index (χ3v) is 3.13. The molecule has 0 saturated carbocycles. The number of fused-ring (bicyclic) bond motifs is 1. The third-order valence-electron chi connectivity index (χ3n) is 3.13. The van der Waals surface area contributed by atoms with Crippen LogP contribution in [0.15, 0.2) is 18.3 Å². The Hall–Kier alpha value is -1.75. The Bertz CT molecular complexity index is 469. The Labute approximate surface area is 106 Å². The summed E-state index contributed by atoms with van der Waals surface area (Å²) in [6.45, 7) is 2.34. The number of rotatable bonds is 4. The second-order valence-electron chi connectivity index (χ2n) is 4.27. The minimum atomic E-state index is -0.489. The second-order valence-corrected chi connectivity index (χ2v) is 4.27. The molecule has 1 aliphatic heterocycles. The molecular formula is C13H16N2O3. The average molecular weight is 248 g/mol. The lowest BCUT2D eigenvalue weighted by Gasteiger charge is -2.29. The monoisotopic (exact) mass is 248 g/mol. The van der Waals surface area contributed by atoms with Gasteiger partial charge in [0.25, 0.3) is 5.91 Å². The summed E-state index contributed by atoms with van der Waals surface area (Å²) in [5.41, 5.74) is 0.799. The SMILES string of the molecule is CCC(CN1C(=O)C(=O)Cc2cccnc21)OC. The highest BCUT2D eigenvalue weighted by molar-refractivity contribution is 6.43. The molecule has 1 aromatic heterocycles. The number of Topliss-reactive ketones (excluding diaryl/α,β-unsaturated/α-hetero) is 1. The van der Waals surface area contributed by atoms with E-state index in [9.17, 15) is 9.59 Å². The standard InChI is InChI=1S/C13H16N2O3/c1-3-10(18-2)8-15-12-9(5-4-6-14-12)7-11(16)13(15)17/h4-6,10H,3,7-8H2,1-2H3. The molecule has 1 atom stereocenters. The van der Waals surface area contributed by atoms with Crippen LogP contribution in [0, 0.1) is 0 Å². The molecule has 0 saturated heterocycles. The van der Waals surface area contributed by atoms with Crippen molar-refractivity contribution in [2.45, 2.75) is 25.9 Å². The minimum Gasteiger partial charge on any atom is -0.380 e. The summed E-state index contributed by atoms with van der Waals surface area (Å²) in [7, 11) is 1.60. The average Bonchev–Trinajstić information content (AvgIpc) is 2.40. The number of pyridine rings is 1. The molecule has 0 bridgehead atoms. The van der Waals surface area contributed by atoms with Crippen LogP contribution in [0.5, 0.6) is 0 Å². The van der Waals surface area contributed by atoms with Gasteiger partial charge in [0, 0.05) is 25.3 Å². The van der Waals surface area contributed by atoms with Crippen molar-refractivity contribution in [3.05, 3.63) is 23.9 Å². The van der Waals surface area contributed by atoms with E-state index >= 15 is 0 Å². The largest absolute Gasteiger partial charge is 0.380 e. The highest BCUT2D eigenvalue weighted by atomic mass is 16.5. The summed E-state index contributed by atoms with van der Waals surface area (Å²) in [4.78, 5) is 29.2. The smallest absolute Gasteiger partial charge is 0.295 e. The molecule has 0 radical (unpaired) electrons. The number of anilines is 1. The Balaban J connectivity index is 2.32. The summed E-state index contributed by atoms with van der Waals surface area (Å²) in [5, 5.41) is 0. The number of carbonyl (C=O) groups excluding carboxylic acids is 2. The van der Waals surface area contributed by atoms with Crippen LogP contribution in [-0.4, -0.2) is 36.4 Å². The fraction of sp³-hybridized carbons (Fsp3) is 0.462. The van der Waals surface area contributed by atoms with Crippen LogP contribution >= 0.6 is 0 Å². The Morgan fingerprint density at radius 2 is 2.28 bits per heavy atom. The van der Waals surface area contributed by atoms with Gasteiger partial charge in [0.05, 0.1) is 12.6 Å². The molecule has 0 fully saturated rings. The van der Waals surface area contributed by atoms with Crippen molar-refractivity contribution in [3.8, 4) is 0 Å². The highest BCUT2D eigenvalue weighted by Gasteiger charge is 2.33. The van der Waals surface area contributed by atoms with Crippen molar-refractivity contribution in [3.63, 3.8) is 0 Å². The zero-order valence-electron chi connectivity index (χ0n) is 10.5. The maximum absolute atomic E-state index is 11.9. The van der Waals surface area contributed by atoms with E-state index in [2.05, 4.69) is 4.98 Å². The van der Waals surface area contributed by atoms with E-state index in [0.29, 0.717) is 12.4 Å². The zero-order chi connectivity index (χ0) is 13.1. The van der Waals surface area contributed by atoms with Crippen LogP contribution in [0.2, 0.25) is 0 Å². The minimum absolute atomic E-state index is 0.0882. The van der Waals surface area contributed by atoms with E-state index < -0.39 is 5.91 Å². The number of nitrogens with zero attached hydrogens (tertiary/aromatic N) is 2. The predicted octanol–water partition coefficient (Wildman–Crippen LogP) is 0.965. The highest BCUT2D eigenvalue weighted by Crippen LogP contribution is 2.24. The molecule has 0 N–H and O–H groups in total. The third kappa shape index (κ3) is 2.26. The zero-order valence-corrected chi connectivity index (χ0v) is 10.5. The predicted molar refractivity (Wildman–Crippen MR) is 66.4 cm³/mol. The lowest BCUT2D eigenvalue weighted by molar-refractivity contribution is -0.136. The molecule has 1 amide bonds. The molecule has 18 heavy (non-hydrogen) atoms. The lowest BCUT2D eigenvalue weighted by atomic mass is 10.0. The number of amides is 1. The summed E-state index contributed by atoms with van der Waals surface area (Å²) in [6.07, 6.45) is 2.46. The molecule has 1 aliphatic rings. The van der Waals surface area contributed by atoms with Crippen molar-refractivity contribution < 1.29 is 14.3 Å². The molecule has 96 valence electrons. The summed E-state index contributed by atoms with van der Waals surface area (Å²) in [6, 6.07) is 3.60. The van der Waals surface area contributed by atoms with Crippen molar-refractivity contribution >= 4 is 17.5 Å². The van der Waals surface area contributed by atoms with E-state index in [0.717, 1.165) is 12.0 Å². The van der Waals surface area contributed by atoms with Gasteiger partial charge in [0.15, 0.2) is 0 Å². The first kappa shape index (κ1) is 12.7. The fourth-order valence-electron chi connectivity index (χ4n) is 2.05. The number of methoxy groups -OCH3 is 1. The van der Waals surface area contributed by atoms with Gasteiger partial charge in [-0.05, 0) is 12.5 Å². The first-order valence-electron chi connectivity index (χ1n) is 5.98. The molecular weight excluding hydrogens is 232 g/mol. The number of ketones is 1. The first-order chi connectivity index (χ1) is 8.67. The van der Waals surface area contributed by atoms with Gasteiger partial charge in [0.1, 0.15) is 5.82 Å². The van der Waals surface area contributed by atoms with Gasteiger partial charge >= 0.3 is 0 Å². The van der Waals surface area contributed by atoms with Gasteiger partial charge in [-0.3, -0.25) is 14.5 Å². The Morgan fingerprint density at radius 3 is 2.94 bits per heavy atom. The summed E-state index contributed by atoms with van der Waals surface area (Å²) >= 11 is 0. The number of ether oxygens (including phenoxy) is 1. The van der Waals surface area contributed by atoms with Crippen LogP contribution in [0.4, 0.5) is 5.82 Å². The number of carbonyl (C=O) groups is 2. The van der Waals surface area contributed by atoms with Crippen LogP contribution in [0.25, 0.3) is 0 Å². The van der Waals surface area contributed by atoms with Crippen LogP contribution in [0.1, 0.15) is 18.9 Å². The number of aromatic nitrogens is 1. The maximum Gasteiger partial charge on any atom is 0.295 e. The maximum atomic E-state index is 11.9. The van der Waals surface area contributed by atoms with Crippen molar-refractivity contribution in [1.82, 2.24) is 4.98 Å². The van der Waals surface area contributed by atoms with Gasteiger partial charge in [-0.2, -0.15) is 0 Å². The molecule has 0 spiro atoms. The van der Waals surface area contributed by atoms with Crippen LogP contribution in [0.3, 0.4) is 0 Å². The molecule has 2 rings (SSSR count). The normalized spacial score (nSPS) is 16.7. The van der Waals surface area contributed by atoms with E-state index in [1.54, 1.807) is 19.4 Å². The quantitative estimate of drug-likeness (QED) is 0.745. The molecule has 0 aromatic carbocycles. The van der Waals surface area contributed by atoms with Gasteiger partial charge in [-0.15, -0.1) is 0 Å². The van der Waals surface area contributed by atoms with Gasteiger partial charge in [0.2, 0.25) is 5.78 Å². The summed E-state index contributed by atoms with van der Waals surface area (Å²) < 4.78 is 5.27. The molecule has 5 heteroatoms. The second kappa shape index (κ2) is 5.27. The van der Waals surface area contributed by atoms with Crippen LogP contribution < -0.4 is 4.90 Å². The van der Waals surface area contributed by atoms with Crippen molar-refractivity contribution in [1.29, 1.82) is 0 Å². The molecule has 1 aromatic rings. The van der Waals surface area contributed by atoms with E-state index in [-0.39, 0.29) is 18.3 Å². The molecule has 1 unspecified atom stereocenters. The van der Waals surface area contributed by atoms with Crippen molar-refractivity contribution in [2.75, 3.05) is 18.6 Å². The first-order valence-corrected chi connectivity index (χ1v) is 5.98. The Morgan fingerprint density at radius 1 is 1.50 bits per heavy atom. The van der Waals surface area contributed by atoms with Crippen LogP contribution in [-0.2, 0) is 20.7 Å². The van der Waals surface area contributed by atoms with E-state index in [1.807, 2.05) is 13.0 Å². The van der Waals surface area contributed by atoms with Crippen molar-refractivity contribution in [2.24, 2.45) is 0 Å². The molecule has 2 heterocycles. The van der Waals surface area contributed by atoms with Gasteiger partial charge in [-0.1, -0.05) is 13.0 Å². The van der Waals surface area contributed by atoms with E-state index in [1.165, 1.54) is 4.90 Å². The molecule has 0 aliphatic carbocycles. The number of hydrogen-bond donors (Lipinski definition) is 0.